The number of halogens is 3. The lowest BCUT2D eigenvalue weighted by Crippen LogP contribution is -2.49. The van der Waals surface area contributed by atoms with Crippen LogP contribution >= 0.6 is 0 Å². The van der Waals surface area contributed by atoms with Crippen LogP contribution in [0.4, 0.5) is 13.2 Å². The maximum absolute atomic E-state index is 12.1. The van der Waals surface area contributed by atoms with E-state index in [0.717, 1.165) is 0 Å². The van der Waals surface area contributed by atoms with Crippen LogP contribution in [0.3, 0.4) is 0 Å². The molecule has 6 nitrogen and oxygen atoms in total. The van der Waals surface area contributed by atoms with Gasteiger partial charge in [-0.15, -0.1) is 0 Å². The van der Waals surface area contributed by atoms with Gasteiger partial charge < -0.3 is 21.7 Å². The number of carboxylic acid groups (broad SMARTS) is 2. The van der Waals surface area contributed by atoms with Gasteiger partial charge in [0.1, 0.15) is 12.1 Å². The van der Waals surface area contributed by atoms with Gasteiger partial charge in [-0.2, -0.15) is 13.2 Å². The molecule has 0 saturated heterocycles. The molecule has 6 N–H and O–H groups in total. The van der Waals surface area contributed by atoms with Gasteiger partial charge in [0.2, 0.25) is 0 Å². The first kappa shape index (κ1) is 14.6. The van der Waals surface area contributed by atoms with Crippen LogP contribution in [-0.2, 0) is 9.59 Å². The number of rotatable bonds is 5. The molecule has 9 heteroatoms. The van der Waals surface area contributed by atoms with Crippen LogP contribution in [0.5, 0.6) is 0 Å². The molecule has 0 radical (unpaired) electrons. The zero-order chi connectivity index (χ0) is 13.1. The summed E-state index contributed by atoms with van der Waals surface area (Å²) in [6.07, 6.45) is -5.80. The van der Waals surface area contributed by atoms with Crippen LogP contribution in [0.15, 0.2) is 0 Å². The van der Waals surface area contributed by atoms with Crippen molar-refractivity contribution in [3.05, 3.63) is 0 Å². The normalized spacial score (nSPS) is 17.6. The van der Waals surface area contributed by atoms with Gasteiger partial charge in [-0.1, -0.05) is 0 Å². The molecule has 0 aliphatic carbocycles. The molecule has 0 saturated carbocycles. The topological polar surface area (TPSA) is 127 Å². The zero-order valence-electron chi connectivity index (χ0n) is 7.94. The van der Waals surface area contributed by atoms with Crippen LogP contribution < -0.4 is 11.5 Å². The Bertz CT molecular complexity index is 281. The Balaban J connectivity index is 4.76. The summed E-state index contributed by atoms with van der Waals surface area (Å²) in [4.78, 5) is 20.8. The first-order valence-corrected chi connectivity index (χ1v) is 4.10. The molecule has 0 amide bonds. The highest BCUT2D eigenvalue weighted by atomic mass is 19.4. The molecule has 3 atom stereocenters. The van der Waals surface area contributed by atoms with E-state index in [9.17, 15) is 22.8 Å². The average molecular weight is 244 g/mol. The van der Waals surface area contributed by atoms with Gasteiger partial charge >= 0.3 is 18.1 Å². The Morgan fingerprint density at radius 1 is 1.12 bits per heavy atom. The second-order valence-electron chi connectivity index (χ2n) is 3.19. The number of hydrogen-bond donors (Lipinski definition) is 4. The van der Waals surface area contributed by atoms with Crippen LogP contribution in [0.2, 0.25) is 0 Å². The minimum atomic E-state index is -4.92. The molecular formula is C7H11F3N2O4. The Morgan fingerprint density at radius 3 is 1.81 bits per heavy atom. The van der Waals surface area contributed by atoms with Gasteiger partial charge in [0.05, 0.1) is 5.92 Å². The summed E-state index contributed by atoms with van der Waals surface area (Å²) in [6.45, 7) is 0. The van der Waals surface area contributed by atoms with Crippen LogP contribution in [-0.4, -0.2) is 40.4 Å². The number of carbonyl (C=O) groups is 2. The quantitative estimate of drug-likeness (QED) is 0.510. The highest BCUT2D eigenvalue weighted by Gasteiger charge is 2.46. The fourth-order valence-corrected chi connectivity index (χ4v) is 1.00. The van der Waals surface area contributed by atoms with E-state index in [4.69, 9.17) is 21.7 Å². The molecule has 0 fully saturated rings. The predicted octanol–water partition coefficient (Wildman–Crippen LogP) is -0.621. The molecule has 0 bridgehead atoms. The van der Waals surface area contributed by atoms with E-state index in [1.807, 2.05) is 0 Å². The summed E-state index contributed by atoms with van der Waals surface area (Å²) in [5.74, 6) is -5.49. The van der Waals surface area contributed by atoms with Crippen LogP contribution in [0.25, 0.3) is 0 Å². The summed E-state index contributed by atoms with van der Waals surface area (Å²) in [7, 11) is 0. The maximum atomic E-state index is 12.1. The van der Waals surface area contributed by atoms with Gasteiger partial charge in [0.15, 0.2) is 0 Å². The number of hydrogen-bond acceptors (Lipinski definition) is 4. The molecule has 0 aromatic heterocycles. The highest BCUT2D eigenvalue weighted by molar-refractivity contribution is 5.76. The third-order valence-corrected chi connectivity index (χ3v) is 1.95. The fourth-order valence-electron chi connectivity index (χ4n) is 1.00. The number of alkyl halides is 3. The van der Waals surface area contributed by atoms with E-state index < -0.39 is 42.5 Å². The summed E-state index contributed by atoms with van der Waals surface area (Å²) in [5.41, 5.74) is 9.64. The van der Waals surface area contributed by atoms with Gasteiger partial charge in [-0.3, -0.25) is 9.59 Å². The first-order chi connectivity index (χ1) is 7.07. The van der Waals surface area contributed by atoms with Gasteiger partial charge in [0, 0.05) is 0 Å². The van der Waals surface area contributed by atoms with Gasteiger partial charge in [-0.05, 0) is 6.42 Å². The van der Waals surface area contributed by atoms with Crippen molar-refractivity contribution in [1.29, 1.82) is 0 Å². The zero-order valence-corrected chi connectivity index (χ0v) is 7.94. The summed E-state index contributed by atoms with van der Waals surface area (Å²) in [6, 6.07) is -4.34. The molecular weight excluding hydrogens is 233 g/mol. The van der Waals surface area contributed by atoms with E-state index in [1.165, 1.54) is 0 Å². The summed E-state index contributed by atoms with van der Waals surface area (Å²) >= 11 is 0. The standard InChI is InChI=1S/C7H11F3N2O4/c8-7(9,10)4(12)2(5(13)14)1-3(11)6(15)16/h2-4H,1,11-12H2,(H,13,14)(H,15,16)/t2?,3-,4?/m0/s1. The first-order valence-electron chi connectivity index (χ1n) is 4.10. The second-order valence-corrected chi connectivity index (χ2v) is 3.19. The molecule has 0 aliphatic heterocycles. The fraction of sp³-hybridized carbons (Fsp3) is 0.714. The van der Waals surface area contributed by atoms with E-state index in [2.05, 4.69) is 0 Å². The largest absolute Gasteiger partial charge is 0.481 e. The van der Waals surface area contributed by atoms with Crippen LogP contribution in [0, 0.1) is 5.92 Å². The van der Waals surface area contributed by atoms with E-state index >= 15 is 0 Å². The Labute approximate surface area is 88.0 Å². The molecule has 16 heavy (non-hydrogen) atoms. The predicted molar refractivity (Wildman–Crippen MR) is 45.4 cm³/mol. The molecule has 0 aromatic rings. The van der Waals surface area contributed by atoms with Gasteiger partial charge in [-0.25, -0.2) is 0 Å². The molecule has 0 spiro atoms. The summed E-state index contributed by atoms with van der Waals surface area (Å²) in [5, 5.41) is 16.9. The molecule has 0 heterocycles. The molecule has 0 rings (SSSR count). The maximum Gasteiger partial charge on any atom is 0.404 e. The smallest absolute Gasteiger partial charge is 0.404 e. The Hall–Kier alpha value is -1.35. The third kappa shape index (κ3) is 4.03. The van der Waals surface area contributed by atoms with E-state index in [0.29, 0.717) is 0 Å². The average Bonchev–Trinajstić information content (AvgIpc) is 2.10. The molecule has 0 aliphatic rings. The second kappa shape index (κ2) is 5.12. The van der Waals surface area contributed by atoms with Crippen molar-refractivity contribution in [2.24, 2.45) is 17.4 Å². The van der Waals surface area contributed by atoms with Crippen molar-refractivity contribution >= 4 is 11.9 Å². The summed E-state index contributed by atoms with van der Waals surface area (Å²) < 4.78 is 36.4. The van der Waals surface area contributed by atoms with Crippen molar-refractivity contribution in [3.8, 4) is 0 Å². The van der Waals surface area contributed by atoms with Gasteiger partial charge in [0.25, 0.3) is 0 Å². The lowest BCUT2D eigenvalue weighted by atomic mass is 9.92. The van der Waals surface area contributed by atoms with Crippen molar-refractivity contribution in [2.45, 2.75) is 24.7 Å². The molecule has 0 aromatic carbocycles. The third-order valence-electron chi connectivity index (χ3n) is 1.95. The van der Waals surface area contributed by atoms with E-state index in [-0.39, 0.29) is 0 Å². The highest BCUT2D eigenvalue weighted by Crippen LogP contribution is 2.26. The molecule has 94 valence electrons. The molecule has 2 unspecified atom stereocenters. The van der Waals surface area contributed by atoms with Crippen molar-refractivity contribution in [1.82, 2.24) is 0 Å². The Morgan fingerprint density at radius 2 is 1.56 bits per heavy atom. The lowest BCUT2D eigenvalue weighted by Gasteiger charge is -2.23. The lowest BCUT2D eigenvalue weighted by molar-refractivity contribution is -0.174. The minimum absolute atomic E-state index is 0.884. The van der Waals surface area contributed by atoms with E-state index in [1.54, 1.807) is 0 Å². The van der Waals surface area contributed by atoms with Crippen molar-refractivity contribution < 1.29 is 33.0 Å². The SMILES string of the molecule is NC(C(C[C@H](N)C(=O)O)C(=O)O)C(F)(F)F. The minimum Gasteiger partial charge on any atom is -0.481 e. The number of carboxylic acids is 2. The van der Waals surface area contributed by atoms with Crippen LogP contribution in [0.1, 0.15) is 6.42 Å². The monoisotopic (exact) mass is 244 g/mol. The number of aliphatic carboxylic acids is 2. The van der Waals surface area contributed by atoms with Crippen molar-refractivity contribution in [3.63, 3.8) is 0 Å². The Kier molecular flexibility index (Phi) is 4.69. The number of nitrogens with two attached hydrogens (primary N) is 2. The van der Waals surface area contributed by atoms with Crippen molar-refractivity contribution in [2.75, 3.05) is 0 Å².